The van der Waals surface area contributed by atoms with Gasteiger partial charge >= 0.3 is 17.9 Å². The molecule has 1 atom stereocenters. The van der Waals surface area contributed by atoms with Gasteiger partial charge in [0.1, 0.15) is 13.2 Å². The third kappa shape index (κ3) is 52.3. The average molecular weight is 926 g/mol. The normalized spacial score (nSPS) is 12.3. The largest absolute Gasteiger partial charge is 0.462 e. The van der Waals surface area contributed by atoms with E-state index in [2.05, 4.69) is 69.4 Å². The van der Waals surface area contributed by atoms with Crippen LogP contribution in [0.1, 0.15) is 297 Å². The molecule has 0 N–H and O–H groups in total. The first-order valence-electron chi connectivity index (χ1n) is 28.7. The van der Waals surface area contributed by atoms with Crippen LogP contribution in [0.25, 0.3) is 0 Å². The minimum Gasteiger partial charge on any atom is -0.462 e. The second-order valence-electron chi connectivity index (χ2n) is 19.3. The molecule has 0 bridgehead atoms. The van der Waals surface area contributed by atoms with E-state index in [0.29, 0.717) is 19.3 Å². The Bertz CT molecular complexity index is 1150. The Balaban J connectivity index is 4.40. The molecule has 0 aliphatic carbocycles. The summed E-state index contributed by atoms with van der Waals surface area (Å²) in [7, 11) is 0. The lowest BCUT2D eigenvalue weighted by atomic mass is 10.0. The monoisotopic (exact) mass is 925 g/mol. The Labute approximate surface area is 409 Å². The zero-order valence-electron chi connectivity index (χ0n) is 44.0. The van der Waals surface area contributed by atoms with Crippen molar-refractivity contribution < 1.29 is 28.6 Å². The van der Waals surface area contributed by atoms with E-state index in [-0.39, 0.29) is 31.1 Å². The van der Waals surface area contributed by atoms with E-state index < -0.39 is 6.10 Å². The van der Waals surface area contributed by atoms with Crippen LogP contribution in [0.5, 0.6) is 0 Å². The Morgan fingerprint density at radius 2 is 0.530 bits per heavy atom. The van der Waals surface area contributed by atoms with Crippen LogP contribution in [0.4, 0.5) is 0 Å². The fourth-order valence-corrected chi connectivity index (χ4v) is 8.25. The van der Waals surface area contributed by atoms with Crippen LogP contribution < -0.4 is 0 Å². The Kier molecular flexibility index (Phi) is 52.8. The number of unbranched alkanes of at least 4 members (excludes halogenated alkanes) is 35. The summed E-state index contributed by atoms with van der Waals surface area (Å²) in [5, 5.41) is 0. The number of allylic oxidation sites excluding steroid dienone is 8. The number of carbonyl (C=O) groups is 3. The zero-order chi connectivity index (χ0) is 47.9. The van der Waals surface area contributed by atoms with Gasteiger partial charge in [0.05, 0.1) is 0 Å². The second kappa shape index (κ2) is 55.0. The van der Waals surface area contributed by atoms with Gasteiger partial charge in [-0.15, -0.1) is 0 Å². The molecule has 0 aromatic carbocycles. The first-order chi connectivity index (χ1) is 32.5. The molecule has 0 rings (SSSR count). The van der Waals surface area contributed by atoms with E-state index >= 15 is 0 Å². The minimum atomic E-state index is -0.785. The summed E-state index contributed by atoms with van der Waals surface area (Å²) >= 11 is 0. The van der Waals surface area contributed by atoms with Gasteiger partial charge < -0.3 is 14.2 Å². The summed E-state index contributed by atoms with van der Waals surface area (Å²) in [6.45, 7) is 6.63. The van der Waals surface area contributed by atoms with Crippen molar-refractivity contribution in [3.05, 3.63) is 48.6 Å². The van der Waals surface area contributed by atoms with Crippen molar-refractivity contribution in [1.82, 2.24) is 0 Å². The predicted molar refractivity (Wildman–Crippen MR) is 284 cm³/mol. The number of hydrogen-bond donors (Lipinski definition) is 0. The molecule has 6 nitrogen and oxygen atoms in total. The molecule has 0 saturated heterocycles. The quantitative estimate of drug-likeness (QED) is 0.0262. The van der Waals surface area contributed by atoms with Crippen molar-refractivity contribution in [3.63, 3.8) is 0 Å². The maximum atomic E-state index is 12.8. The predicted octanol–water partition coefficient (Wildman–Crippen LogP) is 19.0. The molecule has 1 unspecified atom stereocenters. The molecule has 0 aliphatic heterocycles. The molecule has 0 aliphatic rings. The van der Waals surface area contributed by atoms with Gasteiger partial charge in [0.2, 0.25) is 0 Å². The SMILES string of the molecule is CCCCCCCCC/C=C\C=C/CCCCCCCC(=O)OCC(COC(=O)CCCCCCCCCCCCCC)OC(=O)CCCCCCC/C=C\C=C/CCCCCCCCC. The standard InChI is InChI=1S/C60H108O6/c1-4-7-10-13-16-19-22-25-27-29-31-33-35-38-41-44-47-50-53-59(62)65-56-57(55-64-58(61)52-49-46-43-40-37-24-21-18-15-12-9-6-3)66-60(63)54-51-48-45-42-39-36-34-32-30-28-26-23-20-17-14-11-8-5-2/h27-34,57H,4-26,35-56H2,1-3H3/b29-27-,30-28-,33-31-,34-32-. The lowest BCUT2D eigenvalue weighted by Crippen LogP contribution is -2.30. The molecule has 0 aromatic rings. The first kappa shape index (κ1) is 63.4. The van der Waals surface area contributed by atoms with Crippen LogP contribution in [0.3, 0.4) is 0 Å². The third-order valence-electron chi connectivity index (χ3n) is 12.6. The lowest BCUT2D eigenvalue weighted by Gasteiger charge is -2.18. The molecule has 0 fully saturated rings. The highest BCUT2D eigenvalue weighted by Gasteiger charge is 2.19. The molecule has 0 radical (unpaired) electrons. The van der Waals surface area contributed by atoms with Crippen molar-refractivity contribution in [1.29, 1.82) is 0 Å². The van der Waals surface area contributed by atoms with Crippen LogP contribution in [0.15, 0.2) is 48.6 Å². The number of rotatable bonds is 52. The summed E-state index contributed by atoms with van der Waals surface area (Å²) < 4.78 is 16.8. The highest BCUT2D eigenvalue weighted by Crippen LogP contribution is 2.15. The van der Waals surface area contributed by atoms with Gasteiger partial charge in [-0.05, 0) is 70.6 Å². The fourth-order valence-electron chi connectivity index (χ4n) is 8.25. The van der Waals surface area contributed by atoms with Gasteiger partial charge in [0.15, 0.2) is 6.10 Å². The van der Waals surface area contributed by atoms with Gasteiger partial charge in [0.25, 0.3) is 0 Å². The number of hydrogen-bond acceptors (Lipinski definition) is 6. The van der Waals surface area contributed by atoms with Gasteiger partial charge in [-0.3, -0.25) is 14.4 Å². The van der Waals surface area contributed by atoms with Crippen molar-refractivity contribution in [2.24, 2.45) is 0 Å². The highest BCUT2D eigenvalue weighted by atomic mass is 16.6. The molecule has 384 valence electrons. The van der Waals surface area contributed by atoms with Gasteiger partial charge in [0, 0.05) is 19.3 Å². The van der Waals surface area contributed by atoms with Gasteiger partial charge in [-0.25, -0.2) is 0 Å². The summed E-state index contributed by atoms with van der Waals surface area (Å²) in [4.78, 5) is 38.1. The molecule has 0 spiro atoms. The average Bonchev–Trinajstić information content (AvgIpc) is 3.31. The second-order valence-corrected chi connectivity index (χ2v) is 19.3. The summed E-state index contributed by atoms with van der Waals surface area (Å²) in [5.41, 5.74) is 0. The molecular formula is C60H108O6. The maximum absolute atomic E-state index is 12.8. The van der Waals surface area contributed by atoms with Crippen molar-refractivity contribution in [3.8, 4) is 0 Å². The van der Waals surface area contributed by atoms with Crippen LogP contribution in [0.2, 0.25) is 0 Å². The summed E-state index contributed by atoms with van der Waals surface area (Å²) in [6.07, 6.45) is 66.7. The zero-order valence-corrected chi connectivity index (χ0v) is 44.0. The van der Waals surface area contributed by atoms with Crippen molar-refractivity contribution in [2.45, 2.75) is 303 Å². The number of carbonyl (C=O) groups excluding carboxylic acids is 3. The fraction of sp³-hybridized carbons (Fsp3) is 0.817. The maximum Gasteiger partial charge on any atom is 0.306 e. The molecule has 66 heavy (non-hydrogen) atoms. The molecule has 0 amide bonds. The van der Waals surface area contributed by atoms with Crippen LogP contribution in [0, 0.1) is 0 Å². The first-order valence-corrected chi connectivity index (χ1v) is 28.7. The molecule has 0 saturated carbocycles. The van der Waals surface area contributed by atoms with Crippen molar-refractivity contribution in [2.75, 3.05) is 13.2 Å². The molecule has 6 heteroatoms. The molecule has 0 heterocycles. The Morgan fingerprint density at radius 1 is 0.303 bits per heavy atom. The number of ether oxygens (including phenoxy) is 3. The van der Waals surface area contributed by atoms with E-state index in [4.69, 9.17) is 14.2 Å². The van der Waals surface area contributed by atoms with E-state index in [1.807, 2.05) is 0 Å². The van der Waals surface area contributed by atoms with Crippen molar-refractivity contribution >= 4 is 17.9 Å². The number of esters is 3. The van der Waals surface area contributed by atoms with Gasteiger partial charge in [-0.2, -0.15) is 0 Å². The van der Waals surface area contributed by atoms with Crippen LogP contribution in [-0.4, -0.2) is 37.2 Å². The van der Waals surface area contributed by atoms with Crippen LogP contribution in [-0.2, 0) is 28.6 Å². The Morgan fingerprint density at radius 3 is 0.803 bits per heavy atom. The minimum absolute atomic E-state index is 0.0820. The van der Waals surface area contributed by atoms with E-state index in [1.54, 1.807) is 0 Å². The van der Waals surface area contributed by atoms with Gasteiger partial charge in [-0.1, -0.05) is 256 Å². The van der Waals surface area contributed by atoms with E-state index in [1.165, 1.54) is 161 Å². The third-order valence-corrected chi connectivity index (χ3v) is 12.6. The topological polar surface area (TPSA) is 78.9 Å². The molecule has 0 aromatic heterocycles. The van der Waals surface area contributed by atoms with E-state index in [0.717, 1.165) is 96.3 Å². The Hall–Kier alpha value is -2.63. The lowest BCUT2D eigenvalue weighted by molar-refractivity contribution is -0.167. The smallest absolute Gasteiger partial charge is 0.306 e. The highest BCUT2D eigenvalue weighted by molar-refractivity contribution is 5.71. The summed E-state index contributed by atoms with van der Waals surface area (Å²) in [6, 6.07) is 0. The molecular weight excluding hydrogens is 817 g/mol. The summed E-state index contributed by atoms with van der Waals surface area (Å²) in [5.74, 6) is -0.900. The van der Waals surface area contributed by atoms with Crippen LogP contribution >= 0.6 is 0 Å². The van der Waals surface area contributed by atoms with E-state index in [9.17, 15) is 14.4 Å².